The SMILES string of the molecule is CC(C)CC(NC(=O)C1CCOCC1)C(C)(C)C. The minimum Gasteiger partial charge on any atom is -0.381 e. The van der Waals surface area contributed by atoms with Crippen LogP contribution in [0.15, 0.2) is 0 Å². The van der Waals surface area contributed by atoms with Crippen LogP contribution in [0.5, 0.6) is 0 Å². The van der Waals surface area contributed by atoms with Crippen molar-refractivity contribution < 1.29 is 9.53 Å². The molecule has 1 saturated heterocycles. The Morgan fingerprint density at radius 2 is 1.83 bits per heavy atom. The minimum absolute atomic E-state index is 0.116. The third-order valence-corrected chi connectivity index (χ3v) is 3.66. The number of carbonyl (C=O) groups is 1. The Bertz CT molecular complexity index is 262. The van der Waals surface area contributed by atoms with Crippen LogP contribution in [0.2, 0.25) is 0 Å². The van der Waals surface area contributed by atoms with E-state index >= 15 is 0 Å². The normalized spacial score (nSPS) is 19.9. The van der Waals surface area contributed by atoms with Crippen molar-refractivity contribution in [1.29, 1.82) is 0 Å². The Labute approximate surface area is 112 Å². The zero-order chi connectivity index (χ0) is 13.8. The summed E-state index contributed by atoms with van der Waals surface area (Å²) in [6.07, 6.45) is 2.77. The molecular weight excluding hydrogens is 226 g/mol. The Hall–Kier alpha value is -0.570. The fraction of sp³-hybridized carbons (Fsp3) is 0.933. The summed E-state index contributed by atoms with van der Waals surface area (Å²) in [7, 11) is 0. The number of ether oxygens (including phenoxy) is 1. The van der Waals surface area contributed by atoms with Crippen molar-refractivity contribution in [1.82, 2.24) is 5.32 Å². The lowest BCUT2D eigenvalue weighted by Gasteiger charge is -2.34. The van der Waals surface area contributed by atoms with Gasteiger partial charge in [-0.05, 0) is 30.6 Å². The van der Waals surface area contributed by atoms with Crippen LogP contribution in [0.25, 0.3) is 0 Å². The zero-order valence-electron chi connectivity index (χ0n) is 12.6. The summed E-state index contributed by atoms with van der Waals surface area (Å²) in [5, 5.41) is 3.26. The Kier molecular flexibility index (Phi) is 5.64. The molecule has 1 amide bonds. The zero-order valence-corrected chi connectivity index (χ0v) is 12.6. The fourth-order valence-corrected chi connectivity index (χ4v) is 2.35. The lowest BCUT2D eigenvalue weighted by atomic mass is 9.81. The van der Waals surface area contributed by atoms with Gasteiger partial charge in [-0.3, -0.25) is 4.79 Å². The molecule has 3 heteroatoms. The molecule has 0 bridgehead atoms. The number of amides is 1. The molecule has 106 valence electrons. The Morgan fingerprint density at radius 1 is 1.28 bits per heavy atom. The summed E-state index contributed by atoms with van der Waals surface area (Å²) in [4.78, 5) is 12.3. The van der Waals surface area contributed by atoms with Crippen LogP contribution < -0.4 is 5.32 Å². The van der Waals surface area contributed by atoms with Gasteiger partial charge in [0.1, 0.15) is 0 Å². The van der Waals surface area contributed by atoms with Crippen LogP contribution in [0.1, 0.15) is 53.9 Å². The van der Waals surface area contributed by atoms with E-state index < -0.39 is 0 Å². The molecule has 0 radical (unpaired) electrons. The standard InChI is InChI=1S/C15H29NO2/c1-11(2)10-13(15(3,4)5)16-14(17)12-6-8-18-9-7-12/h11-13H,6-10H2,1-5H3,(H,16,17). The first-order chi connectivity index (χ1) is 8.30. The predicted octanol–water partition coefficient (Wildman–Crippen LogP) is 2.99. The van der Waals surface area contributed by atoms with E-state index in [4.69, 9.17) is 4.74 Å². The molecule has 0 aromatic heterocycles. The van der Waals surface area contributed by atoms with Crippen LogP contribution in [0.4, 0.5) is 0 Å². The van der Waals surface area contributed by atoms with E-state index in [0.717, 1.165) is 32.5 Å². The summed E-state index contributed by atoms with van der Waals surface area (Å²) in [5.41, 5.74) is 0.116. The molecule has 1 atom stereocenters. The van der Waals surface area contributed by atoms with Crippen molar-refractivity contribution in [3.05, 3.63) is 0 Å². The smallest absolute Gasteiger partial charge is 0.223 e. The highest BCUT2D eigenvalue weighted by Gasteiger charge is 2.30. The number of nitrogens with one attached hydrogen (secondary N) is 1. The fourth-order valence-electron chi connectivity index (χ4n) is 2.35. The van der Waals surface area contributed by atoms with Gasteiger partial charge in [-0.25, -0.2) is 0 Å². The van der Waals surface area contributed by atoms with Crippen molar-refractivity contribution >= 4 is 5.91 Å². The maximum absolute atomic E-state index is 12.3. The largest absolute Gasteiger partial charge is 0.381 e. The Morgan fingerprint density at radius 3 is 2.28 bits per heavy atom. The third-order valence-electron chi connectivity index (χ3n) is 3.66. The van der Waals surface area contributed by atoms with Crippen LogP contribution in [0.3, 0.4) is 0 Å². The van der Waals surface area contributed by atoms with E-state index in [1.807, 2.05) is 0 Å². The lowest BCUT2D eigenvalue weighted by molar-refractivity contribution is -0.129. The summed E-state index contributed by atoms with van der Waals surface area (Å²) in [5.74, 6) is 0.971. The van der Waals surface area contributed by atoms with Gasteiger partial charge in [0, 0.05) is 25.2 Å². The summed E-state index contributed by atoms with van der Waals surface area (Å²) < 4.78 is 5.31. The van der Waals surface area contributed by atoms with Gasteiger partial charge in [0.05, 0.1) is 0 Å². The second-order valence-corrected chi connectivity index (χ2v) is 6.94. The van der Waals surface area contributed by atoms with Crippen molar-refractivity contribution in [3.63, 3.8) is 0 Å². The van der Waals surface area contributed by atoms with Crippen molar-refractivity contribution in [2.75, 3.05) is 13.2 Å². The first-order valence-electron chi connectivity index (χ1n) is 7.19. The van der Waals surface area contributed by atoms with E-state index in [1.165, 1.54) is 0 Å². The highest BCUT2D eigenvalue weighted by Crippen LogP contribution is 2.26. The summed E-state index contributed by atoms with van der Waals surface area (Å²) in [6.45, 7) is 12.5. The first-order valence-corrected chi connectivity index (χ1v) is 7.19. The minimum atomic E-state index is 0.116. The molecule has 0 aliphatic carbocycles. The quantitative estimate of drug-likeness (QED) is 0.838. The van der Waals surface area contributed by atoms with E-state index in [1.54, 1.807) is 0 Å². The van der Waals surface area contributed by atoms with Gasteiger partial charge in [-0.2, -0.15) is 0 Å². The van der Waals surface area contributed by atoms with Crippen LogP contribution in [-0.2, 0) is 9.53 Å². The molecule has 0 saturated carbocycles. The summed E-state index contributed by atoms with van der Waals surface area (Å²) in [6, 6.07) is 0.257. The summed E-state index contributed by atoms with van der Waals surface area (Å²) >= 11 is 0. The van der Waals surface area contributed by atoms with Gasteiger partial charge < -0.3 is 10.1 Å². The maximum atomic E-state index is 12.3. The second kappa shape index (κ2) is 6.55. The van der Waals surface area contributed by atoms with Gasteiger partial charge in [0.25, 0.3) is 0 Å². The molecule has 1 heterocycles. The topological polar surface area (TPSA) is 38.3 Å². The van der Waals surface area contributed by atoms with Crippen LogP contribution in [0, 0.1) is 17.3 Å². The van der Waals surface area contributed by atoms with Gasteiger partial charge >= 0.3 is 0 Å². The second-order valence-electron chi connectivity index (χ2n) is 6.94. The molecule has 1 fully saturated rings. The van der Waals surface area contributed by atoms with Gasteiger partial charge in [0.15, 0.2) is 0 Å². The number of hydrogen-bond acceptors (Lipinski definition) is 2. The molecule has 0 aromatic rings. The highest BCUT2D eigenvalue weighted by atomic mass is 16.5. The molecule has 1 N–H and O–H groups in total. The van der Waals surface area contributed by atoms with E-state index in [0.29, 0.717) is 5.92 Å². The molecule has 1 unspecified atom stereocenters. The van der Waals surface area contributed by atoms with Crippen LogP contribution >= 0.6 is 0 Å². The van der Waals surface area contributed by atoms with Gasteiger partial charge in [-0.1, -0.05) is 34.6 Å². The monoisotopic (exact) mass is 255 g/mol. The van der Waals surface area contributed by atoms with E-state index in [9.17, 15) is 4.79 Å². The lowest BCUT2D eigenvalue weighted by Crippen LogP contribution is -2.47. The molecule has 1 rings (SSSR count). The van der Waals surface area contributed by atoms with Crippen molar-refractivity contribution in [2.45, 2.75) is 59.9 Å². The average molecular weight is 255 g/mol. The van der Waals surface area contributed by atoms with Crippen LogP contribution in [-0.4, -0.2) is 25.2 Å². The molecular formula is C15H29NO2. The maximum Gasteiger partial charge on any atom is 0.223 e. The molecule has 18 heavy (non-hydrogen) atoms. The van der Waals surface area contributed by atoms with E-state index in [-0.39, 0.29) is 23.3 Å². The first kappa shape index (κ1) is 15.5. The third kappa shape index (κ3) is 4.97. The molecule has 0 spiro atoms. The molecule has 3 nitrogen and oxygen atoms in total. The Balaban J connectivity index is 2.56. The predicted molar refractivity (Wildman–Crippen MR) is 74.4 cm³/mol. The van der Waals surface area contributed by atoms with Crippen molar-refractivity contribution in [2.24, 2.45) is 17.3 Å². The molecule has 1 aliphatic heterocycles. The average Bonchev–Trinajstić information content (AvgIpc) is 2.27. The number of rotatable bonds is 4. The number of hydrogen-bond donors (Lipinski definition) is 1. The molecule has 0 aromatic carbocycles. The highest BCUT2D eigenvalue weighted by molar-refractivity contribution is 5.79. The molecule has 1 aliphatic rings. The van der Waals surface area contributed by atoms with Gasteiger partial charge in [0.2, 0.25) is 5.91 Å². The van der Waals surface area contributed by atoms with Gasteiger partial charge in [-0.15, -0.1) is 0 Å². The van der Waals surface area contributed by atoms with Crippen molar-refractivity contribution in [3.8, 4) is 0 Å². The van der Waals surface area contributed by atoms with E-state index in [2.05, 4.69) is 39.9 Å². The number of carbonyl (C=O) groups excluding carboxylic acids is 1.